The molecule has 0 spiro atoms. The number of nitrogens with zero attached hydrogens (tertiary/aromatic N) is 1. The molecule has 0 bridgehead atoms. The maximum Gasteiger partial charge on any atom is 0.209 e. The first kappa shape index (κ1) is 11.9. The molecule has 0 radical (unpaired) electrons. The van der Waals surface area contributed by atoms with Gasteiger partial charge in [0.1, 0.15) is 0 Å². The van der Waals surface area contributed by atoms with Crippen molar-refractivity contribution in [2.75, 3.05) is 12.4 Å². The van der Waals surface area contributed by atoms with Crippen LogP contribution in [0.3, 0.4) is 0 Å². The fourth-order valence-electron chi connectivity index (χ4n) is 1.59. The molecule has 5 heteroatoms. The maximum atomic E-state index is 5.31. The maximum absolute atomic E-state index is 5.31. The van der Waals surface area contributed by atoms with Crippen LogP contribution in [-0.2, 0) is 0 Å². The second kappa shape index (κ2) is 5.16. The number of benzene rings is 2. The molecule has 2 rings (SSSR count). The minimum Gasteiger partial charge on any atom is -0.325 e. The Morgan fingerprint density at radius 2 is 1.88 bits per heavy atom. The van der Waals surface area contributed by atoms with Crippen molar-refractivity contribution in [1.29, 1.82) is 0 Å². The van der Waals surface area contributed by atoms with Crippen LogP contribution in [0, 0.1) is 0 Å². The molecule has 0 amide bonds. The Morgan fingerprint density at radius 3 is 2.59 bits per heavy atom. The quantitative estimate of drug-likeness (QED) is 0.327. The molecule has 0 saturated heterocycles. The lowest BCUT2D eigenvalue weighted by atomic mass is 10.1. The van der Waals surface area contributed by atoms with Gasteiger partial charge in [0.15, 0.2) is 0 Å². The average Bonchev–Trinajstić information content (AvgIpc) is 2.36. The molecular formula is C12H13BrN4. The zero-order valence-electron chi connectivity index (χ0n) is 9.37. The SMILES string of the molecule is CN=C(NN)Nc1ccc2cc(Br)ccc2c1. The van der Waals surface area contributed by atoms with Crippen LogP contribution >= 0.6 is 15.9 Å². The van der Waals surface area contributed by atoms with Crippen molar-refractivity contribution in [1.82, 2.24) is 5.43 Å². The number of nitrogens with one attached hydrogen (secondary N) is 2. The first-order valence-corrected chi connectivity index (χ1v) is 5.92. The van der Waals surface area contributed by atoms with E-state index in [2.05, 4.69) is 43.8 Å². The highest BCUT2D eigenvalue weighted by Crippen LogP contribution is 2.22. The van der Waals surface area contributed by atoms with Crippen molar-refractivity contribution >= 4 is 38.3 Å². The predicted molar refractivity (Wildman–Crippen MR) is 76.0 cm³/mol. The Kier molecular flexibility index (Phi) is 3.61. The molecule has 17 heavy (non-hydrogen) atoms. The van der Waals surface area contributed by atoms with Gasteiger partial charge in [0.25, 0.3) is 0 Å². The van der Waals surface area contributed by atoms with Crippen molar-refractivity contribution in [3.63, 3.8) is 0 Å². The number of aliphatic imine (C=N–C) groups is 1. The summed E-state index contributed by atoms with van der Waals surface area (Å²) in [6.45, 7) is 0. The molecule has 0 unspecified atom stereocenters. The van der Waals surface area contributed by atoms with Gasteiger partial charge in [-0.2, -0.15) is 0 Å². The predicted octanol–water partition coefficient (Wildman–Crippen LogP) is 2.46. The molecule has 4 N–H and O–H groups in total. The van der Waals surface area contributed by atoms with Gasteiger partial charge in [-0.05, 0) is 35.0 Å². The van der Waals surface area contributed by atoms with Gasteiger partial charge in [-0.3, -0.25) is 10.4 Å². The van der Waals surface area contributed by atoms with E-state index in [-0.39, 0.29) is 0 Å². The molecule has 0 atom stereocenters. The van der Waals surface area contributed by atoms with Crippen LogP contribution in [0.25, 0.3) is 10.8 Å². The first-order valence-electron chi connectivity index (χ1n) is 5.12. The molecule has 2 aromatic rings. The third-order valence-corrected chi connectivity index (χ3v) is 2.92. The Hall–Kier alpha value is -1.59. The number of anilines is 1. The smallest absolute Gasteiger partial charge is 0.209 e. The summed E-state index contributed by atoms with van der Waals surface area (Å²) < 4.78 is 1.07. The van der Waals surface area contributed by atoms with E-state index in [4.69, 9.17) is 5.84 Å². The Morgan fingerprint density at radius 1 is 1.18 bits per heavy atom. The lowest BCUT2D eigenvalue weighted by Gasteiger charge is -2.09. The Labute approximate surface area is 108 Å². The van der Waals surface area contributed by atoms with E-state index < -0.39 is 0 Å². The fourth-order valence-corrected chi connectivity index (χ4v) is 1.97. The minimum absolute atomic E-state index is 0.529. The van der Waals surface area contributed by atoms with Crippen LogP contribution in [-0.4, -0.2) is 13.0 Å². The second-order valence-electron chi connectivity index (χ2n) is 3.55. The summed E-state index contributed by atoms with van der Waals surface area (Å²) in [5.74, 6) is 5.84. The van der Waals surface area contributed by atoms with Gasteiger partial charge in [-0.1, -0.05) is 28.1 Å². The molecule has 4 nitrogen and oxygen atoms in total. The standard InChI is InChI=1S/C12H13BrN4/c1-15-12(17-14)16-11-5-3-8-6-10(13)4-2-9(8)7-11/h2-7H,14H2,1H3,(H2,15,16,17). The van der Waals surface area contributed by atoms with Crippen molar-refractivity contribution in [3.05, 3.63) is 40.9 Å². The van der Waals surface area contributed by atoms with E-state index in [1.54, 1.807) is 7.05 Å². The molecule has 0 heterocycles. The number of hydrazine groups is 1. The van der Waals surface area contributed by atoms with Gasteiger partial charge in [0.2, 0.25) is 5.96 Å². The van der Waals surface area contributed by atoms with Crippen molar-refractivity contribution < 1.29 is 0 Å². The summed E-state index contributed by atoms with van der Waals surface area (Å²) in [6, 6.07) is 12.2. The van der Waals surface area contributed by atoms with Gasteiger partial charge >= 0.3 is 0 Å². The zero-order valence-corrected chi connectivity index (χ0v) is 11.0. The molecule has 0 aliphatic heterocycles. The van der Waals surface area contributed by atoms with E-state index >= 15 is 0 Å². The van der Waals surface area contributed by atoms with Crippen molar-refractivity contribution in [2.24, 2.45) is 10.8 Å². The molecule has 2 aromatic carbocycles. The summed E-state index contributed by atoms with van der Waals surface area (Å²) in [4.78, 5) is 3.96. The van der Waals surface area contributed by atoms with Crippen LogP contribution in [0.15, 0.2) is 45.9 Å². The Balaban J connectivity index is 2.35. The summed E-state index contributed by atoms with van der Waals surface area (Å²) >= 11 is 3.45. The van der Waals surface area contributed by atoms with Gasteiger partial charge in [-0.15, -0.1) is 0 Å². The zero-order chi connectivity index (χ0) is 12.3. The molecule has 0 aliphatic carbocycles. The number of guanidine groups is 1. The first-order chi connectivity index (χ1) is 8.22. The lowest BCUT2D eigenvalue weighted by Crippen LogP contribution is -2.36. The third-order valence-electron chi connectivity index (χ3n) is 2.43. The Bertz CT molecular complexity index is 565. The largest absolute Gasteiger partial charge is 0.325 e. The molecule has 0 aromatic heterocycles. The topological polar surface area (TPSA) is 62.4 Å². The summed E-state index contributed by atoms with van der Waals surface area (Å²) in [7, 11) is 1.67. The summed E-state index contributed by atoms with van der Waals surface area (Å²) in [5.41, 5.74) is 3.43. The second-order valence-corrected chi connectivity index (χ2v) is 4.46. The van der Waals surface area contributed by atoms with Gasteiger partial charge < -0.3 is 5.32 Å². The summed E-state index contributed by atoms with van der Waals surface area (Å²) in [6.07, 6.45) is 0. The van der Waals surface area contributed by atoms with E-state index in [9.17, 15) is 0 Å². The third kappa shape index (κ3) is 2.75. The molecule has 88 valence electrons. The van der Waals surface area contributed by atoms with E-state index in [1.807, 2.05) is 24.3 Å². The van der Waals surface area contributed by atoms with E-state index in [0.717, 1.165) is 15.5 Å². The number of nitrogens with two attached hydrogens (primary N) is 1. The summed E-state index contributed by atoms with van der Waals surface area (Å²) in [5, 5.41) is 5.43. The van der Waals surface area contributed by atoms with Crippen molar-refractivity contribution in [2.45, 2.75) is 0 Å². The number of hydrogen-bond acceptors (Lipinski definition) is 2. The van der Waals surface area contributed by atoms with E-state index in [1.165, 1.54) is 5.39 Å². The highest BCUT2D eigenvalue weighted by atomic mass is 79.9. The van der Waals surface area contributed by atoms with E-state index in [0.29, 0.717) is 5.96 Å². The van der Waals surface area contributed by atoms with Crippen LogP contribution < -0.4 is 16.6 Å². The highest BCUT2D eigenvalue weighted by Gasteiger charge is 1.99. The van der Waals surface area contributed by atoms with Gasteiger partial charge in [0.05, 0.1) is 0 Å². The molecular weight excluding hydrogens is 280 g/mol. The van der Waals surface area contributed by atoms with Crippen LogP contribution in [0.2, 0.25) is 0 Å². The minimum atomic E-state index is 0.529. The van der Waals surface area contributed by atoms with Gasteiger partial charge in [0, 0.05) is 17.2 Å². The lowest BCUT2D eigenvalue weighted by molar-refractivity contribution is 1.01. The normalized spacial score (nSPS) is 11.6. The molecule has 0 aliphatic rings. The number of halogens is 1. The van der Waals surface area contributed by atoms with Crippen molar-refractivity contribution in [3.8, 4) is 0 Å². The van der Waals surface area contributed by atoms with Crippen LogP contribution in [0.1, 0.15) is 0 Å². The monoisotopic (exact) mass is 292 g/mol. The van der Waals surface area contributed by atoms with Crippen LogP contribution in [0.5, 0.6) is 0 Å². The number of hydrogen-bond donors (Lipinski definition) is 3. The number of rotatable bonds is 1. The fraction of sp³-hybridized carbons (Fsp3) is 0.0833. The van der Waals surface area contributed by atoms with Gasteiger partial charge in [-0.25, -0.2) is 5.84 Å². The average molecular weight is 293 g/mol. The molecule has 0 saturated carbocycles. The molecule has 0 fully saturated rings. The number of fused-ring (bicyclic) bond motifs is 1. The van der Waals surface area contributed by atoms with Crippen LogP contribution in [0.4, 0.5) is 5.69 Å². The highest BCUT2D eigenvalue weighted by molar-refractivity contribution is 9.10.